The lowest BCUT2D eigenvalue weighted by molar-refractivity contribution is -0.141. The molecule has 0 aliphatic rings. The molecule has 3 nitrogen and oxygen atoms in total. The summed E-state index contributed by atoms with van der Waals surface area (Å²) >= 11 is 0. The predicted molar refractivity (Wildman–Crippen MR) is 46.6 cm³/mol. The van der Waals surface area contributed by atoms with Gasteiger partial charge in [-0.2, -0.15) is 0 Å². The number of ether oxygens (including phenoxy) is 1. The molecular formula is C9H14O3. The van der Waals surface area contributed by atoms with Crippen molar-refractivity contribution >= 4 is 5.97 Å². The van der Waals surface area contributed by atoms with Gasteiger partial charge in [-0.05, 0) is 13.8 Å². The number of hydrogen-bond donors (Lipinski definition) is 1. The van der Waals surface area contributed by atoms with Gasteiger partial charge in [0, 0.05) is 5.57 Å². The second-order valence-corrected chi connectivity index (χ2v) is 2.53. The van der Waals surface area contributed by atoms with Crippen molar-refractivity contribution in [2.75, 3.05) is 6.61 Å². The normalized spacial score (nSPS) is 13.8. The summed E-state index contributed by atoms with van der Waals surface area (Å²) in [5.41, 5.74) is 0.477. The highest BCUT2D eigenvalue weighted by Gasteiger charge is 2.05. The molecule has 0 spiro atoms. The van der Waals surface area contributed by atoms with Crippen LogP contribution >= 0.6 is 0 Å². The number of aliphatic hydroxyl groups is 1. The number of hydrogen-bond acceptors (Lipinski definition) is 3. The van der Waals surface area contributed by atoms with E-state index in [4.69, 9.17) is 9.84 Å². The molecule has 1 N–H and O–H groups in total. The molecule has 1 unspecified atom stereocenters. The third-order valence-electron chi connectivity index (χ3n) is 1.15. The van der Waals surface area contributed by atoms with Crippen molar-refractivity contribution in [3.63, 3.8) is 0 Å². The number of carbonyl (C=O) groups is 1. The SMILES string of the molecule is C=CC=C(C)C(=O)OCC(C)O. The second kappa shape index (κ2) is 5.55. The van der Waals surface area contributed by atoms with Gasteiger partial charge < -0.3 is 9.84 Å². The van der Waals surface area contributed by atoms with Crippen LogP contribution in [0.1, 0.15) is 13.8 Å². The summed E-state index contributed by atoms with van der Waals surface area (Å²) in [4.78, 5) is 11.0. The molecule has 0 aliphatic heterocycles. The van der Waals surface area contributed by atoms with Gasteiger partial charge in [0.15, 0.2) is 0 Å². The molecule has 0 aliphatic carbocycles. The Labute approximate surface area is 72.3 Å². The fourth-order valence-electron chi connectivity index (χ4n) is 0.555. The summed E-state index contributed by atoms with van der Waals surface area (Å²) in [5, 5.41) is 8.80. The Morgan fingerprint density at radius 2 is 2.33 bits per heavy atom. The Morgan fingerprint density at radius 3 is 2.75 bits per heavy atom. The van der Waals surface area contributed by atoms with Gasteiger partial charge in [-0.15, -0.1) is 0 Å². The Kier molecular flexibility index (Phi) is 5.04. The van der Waals surface area contributed by atoms with E-state index < -0.39 is 12.1 Å². The summed E-state index contributed by atoms with van der Waals surface area (Å²) in [6.45, 7) is 6.66. The van der Waals surface area contributed by atoms with Gasteiger partial charge in [0.1, 0.15) is 6.61 Å². The molecule has 0 heterocycles. The first-order valence-electron chi connectivity index (χ1n) is 3.72. The lowest BCUT2D eigenvalue weighted by Crippen LogP contribution is -2.15. The minimum atomic E-state index is -0.620. The number of carbonyl (C=O) groups excluding carboxylic acids is 1. The average molecular weight is 170 g/mol. The number of rotatable bonds is 4. The van der Waals surface area contributed by atoms with Gasteiger partial charge in [0.2, 0.25) is 0 Å². The number of aliphatic hydroxyl groups excluding tert-OH is 1. The third-order valence-corrected chi connectivity index (χ3v) is 1.15. The summed E-state index contributed by atoms with van der Waals surface area (Å²) in [6, 6.07) is 0. The Bertz CT molecular complexity index is 192. The van der Waals surface area contributed by atoms with Crippen molar-refractivity contribution in [2.45, 2.75) is 20.0 Å². The fraction of sp³-hybridized carbons (Fsp3) is 0.444. The largest absolute Gasteiger partial charge is 0.460 e. The number of esters is 1. The van der Waals surface area contributed by atoms with Crippen molar-refractivity contribution < 1.29 is 14.6 Å². The monoisotopic (exact) mass is 170 g/mol. The van der Waals surface area contributed by atoms with Crippen molar-refractivity contribution in [3.05, 3.63) is 24.3 Å². The molecule has 0 radical (unpaired) electrons. The lowest BCUT2D eigenvalue weighted by Gasteiger charge is -2.05. The molecule has 0 aromatic heterocycles. The molecule has 0 bridgehead atoms. The zero-order valence-corrected chi connectivity index (χ0v) is 7.41. The molecule has 0 fully saturated rings. The summed E-state index contributed by atoms with van der Waals surface area (Å²) in [7, 11) is 0. The molecule has 1 atom stereocenters. The number of allylic oxidation sites excluding steroid dienone is 2. The van der Waals surface area contributed by atoms with Crippen LogP contribution in [0.15, 0.2) is 24.3 Å². The first-order chi connectivity index (χ1) is 5.57. The van der Waals surface area contributed by atoms with E-state index in [-0.39, 0.29) is 6.61 Å². The van der Waals surface area contributed by atoms with Crippen LogP contribution in [0.5, 0.6) is 0 Å². The van der Waals surface area contributed by atoms with E-state index >= 15 is 0 Å². The highest BCUT2D eigenvalue weighted by molar-refractivity contribution is 5.88. The molecule has 0 aromatic carbocycles. The molecule has 0 saturated heterocycles. The van der Waals surface area contributed by atoms with E-state index in [0.717, 1.165) is 0 Å². The fourth-order valence-corrected chi connectivity index (χ4v) is 0.555. The van der Waals surface area contributed by atoms with Crippen LogP contribution < -0.4 is 0 Å². The highest BCUT2D eigenvalue weighted by atomic mass is 16.5. The van der Waals surface area contributed by atoms with Gasteiger partial charge in [-0.25, -0.2) is 4.79 Å². The van der Waals surface area contributed by atoms with Crippen LogP contribution in [0.25, 0.3) is 0 Å². The van der Waals surface area contributed by atoms with Crippen molar-refractivity contribution in [1.29, 1.82) is 0 Å². The van der Waals surface area contributed by atoms with E-state index in [1.807, 2.05) is 0 Å². The van der Waals surface area contributed by atoms with Crippen LogP contribution in [0.3, 0.4) is 0 Å². The molecular weight excluding hydrogens is 156 g/mol. The molecule has 3 heteroatoms. The van der Waals surface area contributed by atoms with Crippen LogP contribution in [0.2, 0.25) is 0 Å². The lowest BCUT2D eigenvalue weighted by atomic mass is 10.3. The maximum absolute atomic E-state index is 11.0. The summed E-state index contributed by atoms with van der Waals surface area (Å²) in [6.07, 6.45) is 2.45. The zero-order chi connectivity index (χ0) is 9.56. The third kappa shape index (κ3) is 4.68. The molecule has 0 saturated carbocycles. The van der Waals surface area contributed by atoms with E-state index in [2.05, 4.69) is 6.58 Å². The minimum Gasteiger partial charge on any atom is -0.460 e. The van der Waals surface area contributed by atoms with Crippen LogP contribution in [-0.2, 0) is 9.53 Å². The molecule has 0 rings (SSSR count). The average Bonchev–Trinajstić information content (AvgIpc) is 2.00. The van der Waals surface area contributed by atoms with Gasteiger partial charge in [-0.1, -0.05) is 18.7 Å². The van der Waals surface area contributed by atoms with Gasteiger partial charge >= 0.3 is 5.97 Å². The van der Waals surface area contributed by atoms with Crippen LogP contribution in [0, 0.1) is 0 Å². The smallest absolute Gasteiger partial charge is 0.333 e. The maximum Gasteiger partial charge on any atom is 0.333 e. The Hall–Kier alpha value is -1.09. The first kappa shape index (κ1) is 10.9. The summed E-state index contributed by atoms with van der Waals surface area (Å²) in [5.74, 6) is -0.421. The molecule has 68 valence electrons. The zero-order valence-electron chi connectivity index (χ0n) is 7.41. The predicted octanol–water partition coefficient (Wildman–Crippen LogP) is 1.04. The van der Waals surface area contributed by atoms with E-state index in [9.17, 15) is 4.79 Å². The van der Waals surface area contributed by atoms with E-state index in [0.29, 0.717) is 5.57 Å². The first-order valence-corrected chi connectivity index (χ1v) is 3.72. The summed E-state index contributed by atoms with van der Waals surface area (Å²) < 4.78 is 4.71. The Balaban J connectivity index is 3.88. The molecule has 0 aromatic rings. The quantitative estimate of drug-likeness (QED) is 0.389. The molecule has 12 heavy (non-hydrogen) atoms. The standard InChI is InChI=1S/C9H14O3/c1-4-5-7(2)9(11)12-6-8(3)10/h4-5,8,10H,1,6H2,2-3H3. The highest BCUT2D eigenvalue weighted by Crippen LogP contribution is 1.97. The van der Waals surface area contributed by atoms with Gasteiger partial charge in [-0.3, -0.25) is 0 Å². The van der Waals surface area contributed by atoms with Gasteiger partial charge in [0.05, 0.1) is 6.10 Å². The van der Waals surface area contributed by atoms with Crippen molar-refractivity contribution in [1.82, 2.24) is 0 Å². The van der Waals surface area contributed by atoms with E-state index in [1.54, 1.807) is 19.9 Å². The topological polar surface area (TPSA) is 46.5 Å². The van der Waals surface area contributed by atoms with Crippen LogP contribution in [0.4, 0.5) is 0 Å². The maximum atomic E-state index is 11.0. The van der Waals surface area contributed by atoms with Crippen molar-refractivity contribution in [2.24, 2.45) is 0 Å². The Morgan fingerprint density at radius 1 is 1.75 bits per heavy atom. The van der Waals surface area contributed by atoms with Crippen LogP contribution in [-0.4, -0.2) is 23.8 Å². The second-order valence-electron chi connectivity index (χ2n) is 2.53. The van der Waals surface area contributed by atoms with Crippen molar-refractivity contribution in [3.8, 4) is 0 Å². The minimum absolute atomic E-state index is 0.0289. The van der Waals surface area contributed by atoms with Gasteiger partial charge in [0.25, 0.3) is 0 Å². The molecule has 0 amide bonds. The van der Waals surface area contributed by atoms with E-state index in [1.165, 1.54) is 6.08 Å².